The molecule has 1 aromatic carbocycles. The van der Waals surface area contributed by atoms with Crippen LogP contribution in [0.15, 0.2) is 41.0 Å². The number of thioether (sulfide) groups is 1. The number of amides is 3. The van der Waals surface area contributed by atoms with Crippen molar-refractivity contribution >= 4 is 35.1 Å². The SMILES string of the molecule is Cc1cc(NC(=O)NCCCSCc2ccco2)ccc1N1CCCC1=O. The number of hydrogen-bond acceptors (Lipinski definition) is 4. The fourth-order valence-electron chi connectivity index (χ4n) is 3.06. The van der Waals surface area contributed by atoms with Gasteiger partial charge < -0.3 is 20.0 Å². The summed E-state index contributed by atoms with van der Waals surface area (Å²) in [5.41, 5.74) is 2.64. The standard InChI is InChI=1S/C20H25N3O3S/c1-15-13-16(7-8-18(15)23-10-2-6-19(23)24)22-20(25)21-9-4-12-27-14-17-5-3-11-26-17/h3,5,7-8,11,13H,2,4,6,9-10,12,14H2,1H3,(H2,21,22,25). The van der Waals surface area contributed by atoms with E-state index in [9.17, 15) is 9.59 Å². The Morgan fingerprint density at radius 1 is 1.33 bits per heavy atom. The van der Waals surface area contributed by atoms with Crippen LogP contribution >= 0.6 is 11.8 Å². The van der Waals surface area contributed by atoms with E-state index in [1.54, 1.807) is 18.0 Å². The minimum atomic E-state index is -0.213. The van der Waals surface area contributed by atoms with Gasteiger partial charge >= 0.3 is 6.03 Å². The maximum Gasteiger partial charge on any atom is 0.319 e. The van der Waals surface area contributed by atoms with Crippen LogP contribution in [0.4, 0.5) is 16.2 Å². The molecule has 6 nitrogen and oxygen atoms in total. The lowest BCUT2D eigenvalue weighted by Gasteiger charge is -2.19. The molecule has 0 saturated carbocycles. The topological polar surface area (TPSA) is 74.6 Å². The lowest BCUT2D eigenvalue weighted by atomic mass is 10.1. The fraction of sp³-hybridized carbons (Fsp3) is 0.400. The van der Waals surface area contributed by atoms with Gasteiger partial charge in [-0.2, -0.15) is 11.8 Å². The van der Waals surface area contributed by atoms with Crippen molar-refractivity contribution in [3.05, 3.63) is 47.9 Å². The summed E-state index contributed by atoms with van der Waals surface area (Å²) in [4.78, 5) is 25.7. The highest BCUT2D eigenvalue weighted by Crippen LogP contribution is 2.27. The van der Waals surface area contributed by atoms with E-state index in [-0.39, 0.29) is 11.9 Å². The van der Waals surface area contributed by atoms with Gasteiger partial charge in [-0.15, -0.1) is 0 Å². The average Bonchev–Trinajstić information content (AvgIpc) is 3.30. The van der Waals surface area contributed by atoms with Crippen molar-refractivity contribution < 1.29 is 14.0 Å². The fourth-order valence-corrected chi connectivity index (χ4v) is 3.92. The second kappa shape index (κ2) is 9.50. The van der Waals surface area contributed by atoms with Crippen molar-refractivity contribution in [3.63, 3.8) is 0 Å². The Kier molecular flexibility index (Phi) is 6.81. The Morgan fingerprint density at radius 3 is 2.93 bits per heavy atom. The van der Waals surface area contributed by atoms with E-state index >= 15 is 0 Å². The predicted molar refractivity (Wildman–Crippen MR) is 109 cm³/mol. The van der Waals surface area contributed by atoms with Gasteiger partial charge in [0.2, 0.25) is 5.91 Å². The van der Waals surface area contributed by atoms with E-state index in [0.717, 1.165) is 53.6 Å². The zero-order valence-electron chi connectivity index (χ0n) is 15.5. The summed E-state index contributed by atoms with van der Waals surface area (Å²) in [6.07, 6.45) is 4.09. The summed E-state index contributed by atoms with van der Waals surface area (Å²) in [5, 5.41) is 5.72. The minimum Gasteiger partial charge on any atom is -0.468 e. The highest BCUT2D eigenvalue weighted by atomic mass is 32.2. The van der Waals surface area contributed by atoms with Gasteiger partial charge in [-0.05, 0) is 61.4 Å². The molecule has 0 radical (unpaired) electrons. The number of carbonyl (C=O) groups excluding carboxylic acids is 2. The normalized spacial score (nSPS) is 13.8. The third kappa shape index (κ3) is 5.53. The first-order valence-corrected chi connectivity index (χ1v) is 10.3. The minimum absolute atomic E-state index is 0.168. The lowest BCUT2D eigenvalue weighted by molar-refractivity contribution is -0.117. The quantitative estimate of drug-likeness (QED) is 0.667. The van der Waals surface area contributed by atoms with E-state index < -0.39 is 0 Å². The predicted octanol–water partition coefficient (Wildman–Crippen LogP) is 4.16. The molecule has 0 unspecified atom stereocenters. The van der Waals surface area contributed by atoms with Crippen LogP contribution in [-0.4, -0.2) is 30.8 Å². The molecule has 1 fully saturated rings. The summed E-state index contributed by atoms with van der Waals surface area (Å²) >= 11 is 1.78. The number of hydrogen-bond donors (Lipinski definition) is 2. The van der Waals surface area contributed by atoms with Crippen molar-refractivity contribution in [2.45, 2.75) is 31.9 Å². The van der Waals surface area contributed by atoms with Gasteiger partial charge in [0.1, 0.15) is 5.76 Å². The van der Waals surface area contributed by atoms with Crippen LogP contribution < -0.4 is 15.5 Å². The number of nitrogens with one attached hydrogen (secondary N) is 2. The number of urea groups is 1. The molecule has 3 rings (SSSR count). The molecule has 7 heteroatoms. The molecule has 3 amide bonds. The van der Waals surface area contributed by atoms with Crippen LogP contribution in [0.1, 0.15) is 30.6 Å². The summed E-state index contributed by atoms with van der Waals surface area (Å²) in [6.45, 7) is 3.35. The largest absolute Gasteiger partial charge is 0.468 e. The van der Waals surface area contributed by atoms with Crippen molar-refractivity contribution in [3.8, 4) is 0 Å². The van der Waals surface area contributed by atoms with Gasteiger partial charge in [-0.3, -0.25) is 4.79 Å². The molecule has 2 heterocycles. The third-order valence-electron chi connectivity index (χ3n) is 4.39. The van der Waals surface area contributed by atoms with Crippen LogP contribution in [0.5, 0.6) is 0 Å². The van der Waals surface area contributed by atoms with Crippen LogP contribution in [0.2, 0.25) is 0 Å². The van der Waals surface area contributed by atoms with Gasteiger partial charge in [0.05, 0.1) is 12.0 Å². The Morgan fingerprint density at radius 2 is 2.22 bits per heavy atom. The van der Waals surface area contributed by atoms with Gasteiger partial charge in [0, 0.05) is 30.9 Å². The second-order valence-electron chi connectivity index (χ2n) is 6.52. The first kappa shape index (κ1) is 19.4. The summed E-state index contributed by atoms with van der Waals surface area (Å²) in [5.74, 6) is 2.95. The number of rotatable bonds is 8. The monoisotopic (exact) mass is 387 g/mol. The Balaban J connectivity index is 1.37. The first-order chi connectivity index (χ1) is 13.1. The molecule has 2 N–H and O–H groups in total. The number of nitrogens with zero attached hydrogens (tertiary/aromatic N) is 1. The Hall–Kier alpha value is -2.41. The Bertz CT molecular complexity index is 777. The molecule has 1 aromatic heterocycles. The molecule has 0 aliphatic carbocycles. The first-order valence-electron chi connectivity index (χ1n) is 9.19. The summed E-state index contributed by atoms with van der Waals surface area (Å²) < 4.78 is 5.28. The molecule has 2 aromatic rings. The molecular weight excluding hydrogens is 362 g/mol. The van der Waals surface area contributed by atoms with Crippen LogP contribution in [0.25, 0.3) is 0 Å². The molecule has 1 saturated heterocycles. The molecule has 0 bridgehead atoms. The highest BCUT2D eigenvalue weighted by molar-refractivity contribution is 7.98. The molecule has 1 aliphatic rings. The number of furan rings is 1. The highest BCUT2D eigenvalue weighted by Gasteiger charge is 2.22. The van der Waals surface area contributed by atoms with Crippen LogP contribution in [0.3, 0.4) is 0 Å². The van der Waals surface area contributed by atoms with Crippen LogP contribution in [0, 0.1) is 6.92 Å². The van der Waals surface area contributed by atoms with Crippen LogP contribution in [-0.2, 0) is 10.5 Å². The molecule has 0 spiro atoms. The van der Waals surface area contributed by atoms with E-state index in [1.807, 2.05) is 42.2 Å². The van der Waals surface area contributed by atoms with Gasteiger partial charge in [-0.25, -0.2) is 4.79 Å². The van der Waals surface area contributed by atoms with Crippen molar-refractivity contribution in [1.29, 1.82) is 0 Å². The lowest BCUT2D eigenvalue weighted by Crippen LogP contribution is -2.30. The van der Waals surface area contributed by atoms with E-state index in [1.165, 1.54) is 0 Å². The number of anilines is 2. The van der Waals surface area contributed by atoms with Gasteiger partial charge in [0.25, 0.3) is 0 Å². The maximum absolute atomic E-state index is 12.0. The second-order valence-corrected chi connectivity index (χ2v) is 7.62. The van der Waals surface area contributed by atoms with E-state index in [0.29, 0.717) is 13.0 Å². The maximum atomic E-state index is 12.0. The molecule has 1 aliphatic heterocycles. The smallest absolute Gasteiger partial charge is 0.319 e. The van der Waals surface area contributed by atoms with Gasteiger partial charge in [-0.1, -0.05) is 0 Å². The zero-order chi connectivity index (χ0) is 19.1. The van der Waals surface area contributed by atoms with Crippen molar-refractivity contribution in [2.75, 3.05) is 29.1 Å². The molecule has 27 heavy (non-hydrogen) atoms. The zero-order valence-corrected chi connectivity index (χ0v) is 16.3. The third-order valence-corrected chi connectivity index (χ3v) is 5.46. The number of carbonyl (C=O) groups is 2. The van der Waals surface area contributed by atoms with Crippen molar-refractivity contribution in [1.82, 2.24) is 5.32 Å². The summed E-state index contributed by atoms with van der Waals surface area (Å²) in [7, 11) is 0. The van der Waals surface area contributed by atoms with E-state index in [4.69, 9.17) is 4.42 Å². The molecule has 144 valence electrons. The van der Waals surface area contributed by atoms with E-state index in [2.05, 4.69) is 10.6 Å². The number of benzene rings is 1. The average molecular weight is 388 g/mol. The van der Waals surface area contributed by atoms with Crippen molar-refractivity contribution in [2.24, 2.45) is 0 Å². The molecular formula is C20H25N3O3S. The number of aryl methyl sites for hydroxylation is 1. The van der Waals surface area contributed by atoms with Gasteiger partial charge in [0.15, 0.2) is 0 Å². The summed E-state index contributed by atoms with van der Waals surface area (Å²) in [6, 6.07) is 9.28. The Labute approximate surface area is 163 Å². The molecule has 0 atom stereocenters.